The zero-order valence-corrected chi connectivity index (χ0v) is 26.4. The molecule has 0 N–H and O–H groups in total. The first-order chi connectivity index (χ1) is 20.5. The van der Waals surface area contributed by atoms with Crippen molar-refractivity contribution in [3.8, 4) is 5.75 Å². The topological polar surface area (TPSA) is 70.0 Å². The zero-order valence-electron chi connectivity index (χ0n) is 26.4. The number of likely N-dealkylation sites (tertiary alicyclic amines) is 1. The van der Waals surface area contributed by atoms with Crippen molar-refractivity contribution >= 4 is 23.0 Å². The van der Waals surface area contributed by atoms with Crippen molar-refractivity contribution in [3.05, 3.63) is 76.5 Å². The molecule has 0 bridgehead atoms. The number of methoxy groups -OCH3 is 2. The molecule has 1 atom stereocenters. The van der Waals surface area contributed by atoms with Gasteiger partial charge in [0.2, 0.25) is 0 Å². The number of carbonyl (C=O) groups excluding carboxylic acids is 2. The summed E-state index contributed by atoms with van der Waals surface area (Å²) in [6, 6.07) is 12.2. The number of nitrogens with zero attached hydrogens (tertiary/aromatic N) is 2. The van der Waals surface area contributed by atoms with Gasteiger partial charge in [0, 0.05) is 29.7 Å². The molecule has 0 amide bonds. The minimum Gasteiger partial charge on any atom is -0.496 e. The molecule has 7 heteroatoms. The number of hydrogen-bond donors (Lipinski definition) is 0. The lowest BCUT2D eigenvalue weighted by Gasteiger charge is -2.56. The highest BCUT2D eigenvalue weighted by Gasteiger charge is 2.50. The second-order valence-corrected chi connectivity index (χ2v) is 13.8. The normalized spacial score (nSPS) is 23.8. The number of piperidine rings is 1. The Labute approximate surface area is 254 Å². The van der Waals surface area contributed by atoms with Crippen LogP contribution in [0.4, 0.5) is 4.79 Å². The van der Waals surface area contributed by atoms with Crippen LogP contribution in [-0.2, 0) is 16.0 Å². The van der Waals surface area contributed by atoms with E-state index >= 15 is 0 Å². The molecule has 2 aliphatic carbocycles. The minimum atomic E-state index is -0.590. The number of esters is 1. The summed E-state index contributed by atoms with van der Waals surface area (Å²) in [5, 5.41) is 1.00. The van der Waals surface area contributed by atoms with Crippen molar-refractivity contribution in [3.63, 3.8) is 0 Å². The number of ether oxygens (including phenoxy) is 3. The Morgan fingerprint density at radius 1 is 1.05 bits per heavy atom. The highest BCUT2D eigenvalue weighted by Crippen LogP contribution is 2.60. The van der Waals surface area contributed by atoms with Gasteiger partial charge >= 0.3 is 12.1 Å². The molecule has 1 aromatic heterocycles. The van der Waals surface area contributed by atoms with Gasteiger partial charge in [0.1, 0.15) is 11.4 Å². The molecule has 2 fully saturated rings. The standard InChI is InChI=1S/C36H44N2O5/c1-23-18-31(41-5)29(28-14-16-38(32(23)28)34(40)43-35(2,3)4)22-37-17-15-36(19-27(20-36)24-8-7-9-24)21-30(37)25-10-12-26(13-11-25)33(39)42-6/h8,10-14,16,18,27,30H,7,9,15,17,19-22H2,1-6H3/t27?,30-,36?/m0/s1. The molecule has 1 aliphatic heterocycles. The van der Waals surface area contributed by atoms with Crippen molar-refractivity contribution in [1.82, 2.24) is 9.47 Å². The van der Waals surface area contributed by atoms with Crippen LogP contribution < -0.4 is 4.74 Å². The van der Waals surface area contributed by atoms with Crippen LogP contribution in [0.1, 0.15) is 92.4 Å². The lowest BCUT2D eigenvalue weighted by molar-refractivity contribution is -0.0364. The Kier molecular flexibility index (Phi) is 7.66. The first-order valence-corrected chi connectivity index (χ1v) is 15.5. The van der Waals surface area contributed by atoms with Crippen LogP contribution in [0.15, 0.2) is 54.2 Å². The molecule has 228 valence electrons. The van der Waals surface area contributed by atoms with Crippen molar-refractivity contribution in [1.29, 1.82) is 0 Å². The molecule has 1 saturated heterocycles. The molecule has 2 aromatic carbocycles. The van der Waals surface area contributed by atoms with Crippen molar-refractivity contribution in [2.45, 2.75) is 84.4 Å². The number of benzene rings is 2. The number of fused-ring (bicyclic) bond motifs is 1. The molecular formula is C36H44N2O5. The number of rotatable bonds is 6. The van der Waals surface area contributed by atoms with Crippen LogP contribution in [0.5, 0.6) is 5.75 Å². The molecule has 3 aliphatic rings. The van der Waals surface area contributed by atoms with Gasteiger partial charge in [-0.1, -0.05) is 23.8 Å². The third-order valence-corrected chi connectivity index (χ3v) is 9.84. The van der Waals surface area contributed by atoms with Gasteiger partial charge in [-0.2, -0.15) is 0 Å². The van der Waals surface area contributed by atoms with E-state index < -0.39 is 5.60 Å². The van der Waals surface area contributed by atoms with E-state index in [2.05, 4.69) is 23.1 Å². The molecule has 1 spiro atoms. The van der Waals surface area contributed by atoms with Gasteiger partial charge in [0.25, 0.3) is 0 Å². The fourth-order valence-electron chi connectivity index (χ4n) is 7.53. The van der Waals surface area contributed by atoms with E-state index in [1.54, 1.807) is 17.3 Å². The van der Waals surface area contributed by atoms with E-state index in [4.69, 9.17) is 14.2 Å². The lowest BCUT2D eigenvalue weighted by atomic mass is 9.53. The Hall–Kier alpha value is -3.58. The SMILES string of the molecule is COC(=O)c1ccc([C@@H]2CC3(CCN2Cc2c(OC)cc(C)c4c2ccn4C(=O)OC(C)(C)C)CC(C2=CCC2)C3)cc1. The zero-order chi connectivity index (χ0) is 30.5. The number of hydrogen-bond acceptors (Lipinski definition) is 6. The maximum Gasteiger partial charge on any atom is 0.419 e. The quantitative estimate of drug-likeness (QED) is 0.216. The maximum atomic E-state index is 13.2. The average Bonchev–Trinajstić information content (AvgIpc) is 3.38. The van der Waals surface area contributed by atoms with E-state index in [9.17, 15) is 9.59 Å². The van der Waals surface area contributed by atoms with E-state index in [1.165, 1.54) is 44.8 Å². The van der Waals surface area contributed by atoms with Crippen LogP contribution in [0.2, 0.25) is 0 Å². The third-order valence-electron chi connectivity index (χ3n) is 9.84. The maximum absolute atomic E-state index is 13.2. The summed E-state index contributed by atoms with van der Waals surface area (Å²) in [6.45, 7) is 9.31. The summed E-state index contributed by atoms with van der Waals surface area (Å²) >= 11 is 0. The summed E-state index contributed by atoms with van der Waals surface area (Å²) in [5.74, 6) is 1.26. The fraction of sp³-hybridized carbons (Fsp3) is 0.500. The molecule has 2 heterocycles. The first-order valence-electron chi connectivity index (χ1n) is 15.5. The molecule has 43 heavy (non-hydrogen) atoms. The Morgan fingerprint density at radius 2 is 1.77 bits per heavy atom. The van der Waals surface area contributed by atoms with Crippen molar-refractivity contribution < 1.29 is 23.8 Å². The number of carbonyl (C=O) groups is 2. The summed E-state index contributed by atoms with van der Waals surface area (Å²) in [6.07, 6.45) is 11.2. The Bertz CT molecular complexity index is 1570. The largest absolute Gasteiger partial charge is 0.496 e. The van der Waals surface area contributed by atoms with Gasteiger partial charge in [0.15, 0.2) is 0 Å². The molecule has 0 unspecified atom stereocenters. The lowest BCUT2D eigenvalue weighted by Crippen LogP contribution is -2.49. The van der Waals surface area contributed by atoms with Gasteiger partial charge < -0.3 is 14.2 Å². The van der Waals surface area contributed by atoms with Crippen molar-refractivity contribution in [2.75, 3.05) is 20.8 Å². The third kappa shape index (κ3) is 5.60. The van der Waals surface area contributed by atoms with Gasteiger partial charge in [-0.15, -0.1) is 0 Å². The Balaban J connectivity index is 1.34. The first kappa shape index (κ1) is 29.5. The summed E-state index contributed by atoms with van der Waals surface area (Å²) < 4.78 is 18.2. The fourth-order valence-corrected chi connectivity index (χ4v) is 7.53. The van der Waals surface area contributed by atoms with E-state index in [1.807, 2.05) is 58.2 Å². The molecule has 0 radical (unpaired) electrons. The number of aromatic nitrogens is 1. The van der Waals surface area contributed by atoms with E-state index in [0.717, 1.165) is 46.7 Å². The molecule has 6 rings (SSSR count). The van der Waals surface area contributed by atoms with Crippen LogP contribution in [0.3, 0.4) is 0 Å². The van der Waals surface area contributed by atoms with Crippen LogP contribution >= 0.6 is 0 Å². The molecule has 7 nitrogen and oxygen atoms in total. The van der Waals surface area contributed by atoms with Gasteiger partial charge in [0.05, 0.1) is 25.3 Å². The second-order valence-electron chi connectivity index (χ2n) is 13.8. The minimum absolute atomic E-state index is 0.200. The summed E-state index contributed by atoms with van der Waals surface area (Å²) in [5.41, 5.74) is 6.11. The van der Waals surface area contributed by atoms with Crippen LogP contribution in [0, 0.1) is 18.3 Å². The Morgan fingerprint density at radius 3 is 2.37 bits per heavy atom. The molecular weight excluding hydrogens is 540 g/mol. The monoisotopic (exact) mass is 584 g/mol. The highest BCUT2D eigenvalue weighted by atomic mass is 16.6. The van der Waals surface area contributed by atoms with Crippen LogP contribution in [0.25, 0.3) is 10.9 Å². The second kappa shape index (κ2) is 11.2. The highest BCUT2D eigenvalue weighted by molar-refractivity contribution is 5.95. The summed E-state index contributed by atoms with van der Waals surface area (Å²) in [7, 11) is 3.13. The van der Waals surface area contributed by atoms with Gasteiger partial charge in [-0.05, 0) is 119 Å². The van der Waals surface area contributed by atoms with E-state index in [0.29, 0.717) is 17.5 Å². The van der Waals surface area contributed by atoms with Gasteiger partial charge in [-0.3, -0.25) is 9.47 Å². The average molecular weight is 585 g/mol. The van der Waals surface area contributed by atoms with Crippen LogP contribution in [-0.4, -0.2) is 47.9 Å². The molecule has 1 saturated carbocycles. The van der Waals surface area contributed by atoms with Gasteiger partial charge in [-0.25, -0.2) is 9.59 Å². The predicted molar refractivity (Wildman–Crippen MR) is 167 cm³/mol. The predicted octanol–water partition coefficient (Wildman–Crippen LogP) is 7.98. The van der Waals surface area contributed by atoms with E-state index in [-0.39, 0.29) is 18.1 Å². The molecule has 3 aromatic rings. The number of allylic oxidation sites excluding steroid dienone is 2. The summed E-state index contributed by atoms with van der Waals surface area (Å²) in [4.78, 5) is 27.9. The smallest absolute Gasteiger partial charge is 0.419 e. The van der Waals surface area contributed by atoms with Crippen molar-refractivity contribution in [2.24, 2.45) is 11.3 Å². The number of aryl methyl sites for hydroxylation is 1.